The molecule has 1 atom stereocenters. The topological polar surface area (TPSA) is 74.9 Å². The van der Waals surface area contributed by atoms with Gasteiger partial charge < -0.3 is 19.9 Å². The van der Waals surface area contributed by atoms with Crippen LogP contribution >= 0.6 is 0 Å². The fourth-order valence-corrected chi connectivity index (χ4v) is 3.68. The summed E-state index contributed by atoms with van der Waals surface area (Å²) in [5, 5.41) is 11.1. The maximum absolute atomic E-state index is 5.53. The molecule has 1 fully saturated rings. The zero-order valence-electron chi connectivity index (χ0n) is 18.4. The van der Waals surface area contributed by atoms with Crippen LogP contribution in [0, 0.1) is 5.92 Å². The molecular formula is C21H39N5O2. The predicted octanol–water partition coefficient (Wildman–Crippen LogP) is 2.60. The van der Waals surface area contributed by atoms with Gasteiger partial charge in [0.2, 0.25) is 0 Å². The van der Waals surface area contributed by atoms with Crippen LogP contribution in [0.5, 0.6) is 0 Å². The number of nitrogens with zero attached hydrogens (tertiary/aromatic N) is 3. The van der Waals surface area contributed by atoms with Crippen LogP contribution < -0.4 is 10.6 Å². The van der Waals surface area contributed by atoms with E-state index in [0.29, 0.717) is 18.5 Å². The van der Waals surface area contributed by atoms with Crippen molar-refractivity contribution in [3.05, 3.63) is 17.0 Å². The van der Waals surface area contributed by atoms with E-state index in [9.17, 15) is 0 Å². The third-order valence-corrected chi connectivity index (χ3v) is 5.16. The van der Waals surface area contributed by atoms with Crippen LogP contribution in [-0.2, 0) is 24.1 Å². The Labute approximate surface area is 170 Å². The van der Waals surface area contributed by atoms with Crippen molar-refractivity contribution in [3.8, 4) is 0 Å². The first-order valence-electron chi connectivity index (χ1n) is 10.9. The summed E-state index contributed by atoms with van der Waals surface area (Å²) < 4.78 is 11.0. The lowest BCUT2D eigenvalue weighted by atomic mass is 10.0. The lowest BCUT2D eigenvalue weighted by Crippen LogP contribution is -2.51. The van der Waals surface area contributed by atoms with Gasteiger partial charge >= 0.3 is 0 Å². The van der Waals surface area contributed by atoms with Gasteiger partial charge in [-0.15, -0.1) is 0 Å². The summed E-state index contributed by atoms with van der Waals surface area (Å²) in [5.41, 5.74) is 2.15. The number of hydrogen-bond donors (Lipinski definition) is 2. The summed E-state index contributed by atoms with van der Waals surface area (Å²) in [4.78, 5) is 7.37. The fraction of sp³-hybridized carbons (Fsp3) is 0.810. The maximum Gasteiger partial charge on any atom is 0.191 e. The summed E-state index contributed by atoms with van der Waals surface area (Å²) in [7, 11) is 0. The molecule has 1 aliphatic rings. The van der Waals surface area contributed by atoms with Gasteiger partial charge in [0.05, 0.1) is 25.5 Å². The van der Waals surface area contributed by atoms with Gasteiger partial charge in [-0.1, -0.05) is 32.9 Å². The van der Waals surface area contributed by atoms with Crippen molar-refractivity contribution in [3.63, 3.8) is 0 Å². The molecule has 1 aliphatic heterocycles. The van der Waals surface area contributed by atoms with Gasteiger partial charge in [-0.25, -0.2) is 4.99 Å². The fourth-order valence-electron chi connectivity index (χ4n) is 3.68. The molecule has 0 spiro atoms. The summed E-state index contributed by atoms with van der Waals surface area (Å²) in [6.45, 7) is 16.9. The zero-order chi connectivity index (χ0) is 20.4. The Kier molecular flexibility index (Phi) is 9.78. The second kappa shape index (κ2) is 12.1. The van der Waals surface area contributed by atoms with Crippen molar-refractivity contribution >= 4 is 5.96 Å². The van der Waals surface area contributed by atoms with Gasteiger partial charge in [0.25, 0.3) is 0 Å². The van der Waals surface area contributed by atoms with Crippen LogP contribution in [0.2, 0.25) is 0 Å². The smallest absolute Gasteiger partial charge is 0.191 e. The highest BCUT2D eigenvalue weighted by atomic mass is 16.5. The van der Waals surface area contributed by atoms with Gasteiger partial charge in [-0.2, -0.15) is 0 Å². The number of hydrogen-bond acceptors (Lipinski definition) is 5. The van der Waals surface area contributed by atoms with Gasteiger partial charge in [0.1, 0.15) is 5.76 Å². The van der Waals surface area contributed by atoms with Crippen LogP contribution in [0.15, 0.2) is 9.52 Å². The van der Waals surface area contributed by atoms with E-state index in [1.54, 1.807) is 0 Å². The number of ether oxygens (including phenoxy) is 1. The summed E-state index contributed by atoms with van der Waals surface area (Å²) in [5.74, 6) is 2.46. The predicted molar refractivity (Wildman–Crippen MR) is 114 cm³/mol. The second-order valence-corrected chi connectivity index (χ2v) is 7.75. The number of nitrogens with one attached hydrogen (secondary N) is 2. The Morgan fingerprint density at radius 1 is 1.14 bits per heavy atom. The van der Waals surface area contributed by atoms with E-state index in [1.807, 2.05) is 0 Å². The van der Waals surface area contributed by atoms with Crippen molar-refractivity contribution in [1.29, 1.82) is 0 Å². The minimum atomic E-state index is 0.487. The molecule has 2 rings (SSSR count). The molecule has 160 valence electrons. The Bertz CT molecular complexity index is 572. The summed E-state index contributed by atoms with van der Waals surface area (Å²) in [6.07, 6.45) is 2.87. The molecule has 0 radical (unpaired) electrons. The highest BCUT2D eigenvalue weighted by Gasteiger charge is 2.22. The molecule has 0 saturated carbocycles. The van der Waals surface area contributed by atoms with E-state index in [1.165, 1.54) is 0 Å². The molecule has 7 heteroatoms. The Hall–Kier alpha value is -1.60. The molecule has 28 heavy (non-hydrogen) atoms. The first-order valence-corrected chi connectivity index (χ1v) is 10.9. The summed E-state index contributed by atoms with van der Waals surface area (Å²) in [6, 6.07) is 0.487. The third kappa shape index (κ3) is 6.78. The van der Waals surface area contributed by atoms with E-state index < -0.39 is 0 Å². The third-order valence-electron chi connectivity index (χ3n) is 5.16. The average Bonchev–Trinajstić information content (AvgIpc) is 3.11. The normalized spacial score (nSPS) is 17.1. The number of guanidine groups is 1. The van der Waals surface area contributed by atoms with E-state index in [0.717, 1.165) is 81.6 Å². The molecule has 1 unspecified atom stereocenters. The van der Waals surface area contributed by atoms with Crippen LogP contribution in [0.1, 0.15) is 58.1 Å². The summed E-state index contributed by atoms with van der Waals surface area (Å²) >= 11 is 0. The number of aliphatic imine (C=N–C) groups is 1. The van der Waals surface area contributed by atoms with E-state index in [-0.39, 0.29) is 0 Å². The Morgan fingerprint density at radius 3 is 2.50 bits per heavy atom. The van der Waals surface area contributed by atoms with Gasteiger partial charge in [-0.05, 0) is 25.7 Å². The Morgan fingerprint density at radius 2 is 1.89 bits per heavy atom. The first-order chi connectivity index (χ1) is 13.6. The standard InChI is InChI=1S/C21H39N5O2/c1-6-19-18(20(7-2)28-25-19)15-24-21(22-8-3)23-14-17(13-16(4)5)26-9-11-27-12-10-26/h16-17H,6-15H2,1-5H3,(H2,22,23,24). The lowest BCUT2D eigenvalue weighted by Gasteiger charge is -2.35. The van der Waals surface area contributed by atoms with E-state index >= 15 is 0 Å². The number of morpholine rings is 1. The van der Waals surface area contributed by atoms with Crippen LogP contribution in [0.4, 0.5) is 0 Å². The largest absolute Gasteiger partial charge is 0.379 e. The average molecular weight is 394 g/mol. The van der Waals surface area contributed by atoms with Crippen LogP contribution in [0.3, 0.4) is 0 Å². The van der Waals surface area contributed by atoms with Crippen molar-refractivity contribution in [2.45, 2.75) is 66.5 Å². The molecule has 0 amide bonds. The van der Waals surface area contributed by atoms with E-state index in [4.69, 9.17) is 14.3 Å². The molecule has 1 saturated heterocycles. The van der Waals surface area contributed by atoms with Gasteiger partial charge in [0, 0.05) is 44.2 Å². The molecular weight excluding hydrogens is 354 g/mol. The molecule has 0 aliphatic carbocycles. The molecule has 7 nitrogen and oxygen atoms in total. The highest BCUT2D eigenvalue weighted by Crippen LogP contribution is 2.17. The molecule has 2 heterocycles. The second-order valence-electron chi connectivity index (χ2n) is 7.75. The van der Waals surface area contributed by atoms with Gasteiger partial charge in [-0.3, -0.25) is 4.90 Å². The quantitative estimate of drug-likeness (QED) is 0.470. The molecule has 0 aromatic carbocycles. The SMILES string of the molecule is CCNC(=NCc1c(CC)noc1CC)NCC(CC(C)C)N1CCOCC1. The number of aryl methyl sites for hydroxylation is 2. The number of rotatable bonds is 10. The van der Waals surface area contributed by atoms with Crippen molar-refractivity contribution in [2.24, 2.45) is 10.9 Å². The molecule has 0 bridgehead atoms. The minimum absolute atomic E-state index is 0.487. The minimum Gasteiger partial charge on any atom is -0.379 e. The van der Waals surface area contributed by atoms with Crippen molar-refractivity contribution in [2.75, 3.05) is 39.4 Å². The zero-order valence-corrected chi connectivity index (χ0v) is 18.4. The number of aromatic nitrogens is 1. The highest BCUT2D eigenvalue weighted by molar-refractivity contribution is 5.79. The van der Waals surface area contributed by atoms with Crippen molar-refractivity contribution in [1.82, 2.24) is 20.7 Å². The van der Waals surface area contributed by atoms with Crippen LogP contribution in [0.25, 0.3) is 0 Å². The maximum atomic E-state index is 5.53. The van der Waals surface area contributed by atoms with Gasteiger partial charge in [0.15, 0.2) is 5.96 Å². The monoisotopic (exact) mass is 393 g/mol. The lowest BCUT2D eigenvalue weighted by molar-refractivity contribution is 0.0132. The first kappa shape index (κ1) is 22.7. The Balaban J connectivity index is 2.03. The molecule has 1 aromatic rings. The molecule has 1 aromatic heterocycles. The van der Waals surface area contributed by atoms with Crippen molar-refractivity contribution < 1.29 is 9.26 Å². The molecule has 2 N–H and O–H groups in total. The van der Waals surface area contributed by atoms with Crippen LogP contribution in [-0.4, -0.2) is 61.5 Å². The van der Waals surface area contributed by atoms with E-state index in [2.05, 4.69) is 55.3 Å².